The van der Waals surface area contributed by atoms with Gasteiger partial charge in [0.05, 0.1) is 37.1 Å². The fourth-order valence-electron chi connectivity index (χ4n) is 2.07. The van der Waals surface area contributed by atoms with Gasteiger partial charge >= 0.3 is 6.03 Å². The number of imidazole rings is 1. The van der Waals surface area contributed by atoms with Crippen LogP contribution < -0.4 is 5.32 Å². The van der Waals surface area contributed by atoms with Gasteiger partial charge < -0.3 is 19.6 Å². The number of hydrogen-bond donors (Lipinski definition) is 2. The number of furan rings is 1. The Labute approximate surface area is 104 Å². The molecule has 1 aliphatic rings. The Kier molecular flexibility index (Phi) is 2.76. The summed E-state index contributed by atoms with van der Waals surface area (Å²) in [5.74, 6) is 0.752. The second kappa shape index (κ2) is 4.56. The summed E-state index contributed by atoms with van der Waals surface area (Å²) < 4.78 is 5.17. The van der Waals surface area contributed by atoms with Crippen molar-refractivity contribution in [2.24, 2.45) is 0 Å². The summed E-state index contributed by atoms with van der Waals surface area (Å²) in [7, 11) is 0. The zero-order valence-electron chi connectivity index (χ0n) is 9.85. The van der Waals surface area contributed by atoms with Gasteiger partial charge in [-0.1, -0.05) is 0 Å². The van der Waals surface area contributed by atoms with Crippen molar-refractivity contribution >= 4 is 6.03 Å². The number of rotatable bonds is 2. The molecule has 0 unspecified atom stereocenters. The zero-order chi connectivity index (χ0) is 12.4. The van der Waals surface area contributed by atoms with Crippen LogP contribution in [0.3, 0.4) is 0 Å². The minimum absolute atomic E-state index is 0.0772. The van der Waals surface area contributed by atoms with E-state index in [4.69, 9.17) is 4.42 Å². The first-order chi connectivity index (χ1) is 8.83. The number of fused-ring (bicyclic) bond motifs is 1. The van der Waals surface area contributed by atoms with Crippen molar-refractivity contribution in [2.45, 2.75) is 19.5 Å². The maximum atomic E-state index is 12.0. The number of nitrogens with one attached hydrogen (secondary N) is 2. The van der Waals surface area contributed by atoms with Crippen molar-refractivity contribution in [1.82, 2.24) is 20.2 Å². The van der Waals surface area contributed by atoms with Crippen molar-refractivity contribution < 1.29 is 9.21 Å². The molecule has 6 heteroatoms. The lowest BCUT2D eigenvalue weighted by Crippen LogP contribution is -2.42. The van der Waals surface area contributed by atoms with Gasteiger partial charge in [-0.15, -0.1) is 0 Å². The van der Waals surface area contributed by atoms with E-state index in [9.17, 15) is 4.79 Å². The van der Waals surface area contributed by atoms with E-state index in [0.717, 1.165) is 23.6 Å². The fourth-order valence-corrected chi connectivity index (χ4v) is 2.07. The van der Waals surface area contributed by atoms with Crippen LogP contribution in [-0.2, 0) is 19.5 Å². The first-order valence-corrected chi connectivity index (χ1v) is 5.89. The predicted octanol–water partition coefficient (Wildman–Crippen LogP) is 1.27. The zero-order valence-corrected chi connectivity index (χ0v) is 9.85. The van der Waals surface area contributed by atoms with Gasteiger partial charge in [-0.25, -0.2) is 9.78 Å². The quantitative estimate of drug-likeness (QED) is 0.838. The van der Waals surface area contributed by atoms with Gasteiger partial charge in [-0.2, -0.15) is 0 Å². The van der Waals surface area contributed by atoms with E-state index in [2.05, 4.69) is 15.3 Å². The number of nitrogens with zero attached hydrogens (tertiary/aromatic N) is 2. The van der Waals surface area contributed by atoms with Crippen molar-refractivity contribution in [3.8, 4) is 0 Å². The van der Waals surface area contributed by atoms with Crippen molar-refractivity contribution in [3.05, 3.63) is 41.9 Å². The molecule has 3 rings (SSSR count). The lowest BCUT2D eigenvalue weighted by molar-refractivity contribution is 0.190. The Morgan fingerprint density at radius 3 is 3.39 bits per heavy atom. The lowest BCUT2D eigenvalue weighted by atomic mass is 10.1. The Morgan fingerprint density at radius 2 is 2.56 bits per heavy atom. The number of urea groups is 1. The molecule has 0 bridgehead atoms. The van der Waals surface area contributed by atoms with Gasteiger partial charge in [-0.05, 0) is 12.1 Å². The highest BCUT2D eigenvalue weighted by Crippen LogP contribution is 2.14. The molecular formula is C12H14N4O2. The summed E-state index contributed by atoms with van der Waals surface area (Å²) in [5.41, 5.74) is 2.08. The lowest BCUT2D eigenvalue weighted by Gasteiger charge is -2.26. The molecule has 0 atom stereocenters. The largest absolute Gasteiger partial charge is 0.467 e. The molecule has 2 aromatic heterocycles. The molecule has 0 fully saturated rings. The molecule has 0 spiro atoms. The maximum Gasteiger partial charge on any atom is 0.318 e. The molecule has 0 radical (unpaired) electrons. The van der Waals surface area contributed by atoms with Crippen LogP contribution in [-0.4, -0.2) is 27.4 Å². The van der Waals surface area contributed by atoms with Crippen LogP contribution in [0.1, 0.15) is 17.1 Å². The minimum Gasteiger partial charge on any atom is -0.467 e. The van der Waals surface area contributed by atoms with E-state index in [-0.39, 0.29) is 6.03 Å². The van der Waals surface area contributed by atoms with Gasteiger partial charge in [0.15, 0.2) is 0 Å². The average Bonchev–Trinajstić information content (AvgIpc) is 3.05. The third kappa shape index (κ3) is 2.09. The number of aromatic amines is 1. The van der Waals surface area contributed by atoms with Crippen LogP contribution in [0.2, 0.25) is 0 Å². The summed E-state index contributed by atoms with van der Waals surface area (Å²) >= 11 is 0. The molecule has 0 saturated heterocycles. The van der Waals surface area contributed by atoms with E-state index in [0.29, 0.717) is 19.6 Å². The van der Waals surface area contributed by atoms with Gasteiger partial charge in [0.25, 0.3) is 0 Å². The van der Waals surface area contributed by atoms with Crippen LogP contribution in [0.25, 0.3) is 0 Å². The van der Waals surface area contributed by atoms with E-state index < -0.39 is 0 Å². The standard InChI is InChI=1S/C12H14N4O2/c17-12(13-6-9-2-1-5-18-9)16-4-3-10-11(7-16)15-8-14-10/h1-2,5,8H,3-4,6-7H2,(H,13,17)(H,14,15). The number of carbonyl (C=O) groups is 1. The van der Waals surface area contributed by atoms with E-state index in [1.54, 1.807) is 23.6 Å². The smallest absolute Gasteiger partial charge is 0.318 e. The predicted molar refractivity (Wildman–Crippen MR) is 63.6 cm³/mol. The van der Waals surface area contributed by atoms with Gasteiger partial charge in [-0.3, -0.25) is 0 Å². The molecule has 2 aromatic rings. The van der Waals surface area contributed by atoms with Gasteiger partial charge in [0.1, 0.15) is 5.76 Å². The molecule has 6 nitrogen and oxygen atoms in total. The Bertz CT molecular complexity index is 532. The van der Waals surface area contributed by atoms with Crippen molar-refractivity contribution in [3.63, 3.8) is 0 Å². The molecule has 94 valence electrons. The first kappa shape index (κ1) is 10.9. The third-order valence-electron chi connectivity index (χ3n) is 3.06. The van der Waals surface area contributed by atoms with Gasteiger partial charge in [0.2, 0.25) is 0 Å². The molecular weight excluding hydrogens is 232 g/mol. The Balaban J connectivity index is 1.57. The number of hydrogen-bond acceptors (Lipinski definition) is 3. The van der Waals surface area contributed by atoms with Crippen molar-refractivity contribution in [2.75, 3.05) is 6.54 Å². The maximum absolute atomic E-state index is 12.0. The fraction of sp³-hybridized carbons (Fsp3) is 0.333. The summed E-state index contributed by atoms with van der Waals surface area (Å²) in [5, 5.41) is 2.84. The first-order valence-electron chi connectivity index (χ1n) is 5.89. The highest BCUT2D eigenvalue weighted by atomic mass is 16.3. The molecule has 0 aromatic carbocycles. The molecule has 2 N–H and O–H groups in total. The summed E-state index contributed by atoms with van der Waals surface area (Å²) in [6, 6.07) is 3.56. The number of aromatic nitrogens is 2. The summed E-state index contributed by atoms with van der Waals surface area (Å²) in [6.07, 6.45) is 4.07. The second-order valence-corrected chi connectivity index (χ2v) is 4.24. The van der Waals surface area contributed by atoms with E-state index in [1.807, 2.05) is 6.07 Å². The van der Waals surface area contributed by atoms with Crippen LogP contribution >= 0.6 is 0 Å². The summed E-state index contributed by atoms with van der Waals surface area (Å²) in [4.78, 5) is 21.0. The molecule has 0 saturated carbocycles. The van der Waals surface area contributed by atoms with Crippen LogP contribution in [0.5, 0.6) is 0 Å². The highest BCUT2D eigenvalue weighted by molar-refractivity contribution is 5.74. The van der Waals surface area contributed by atoms with E-state index in [1.165, 1.54) is 0 Å². The highest BCUT2D eigenvalue weighted by Gasteiger charge is 2.21. The second-order valence-electron chi connectivity index (χ2n) is 4.24. The minimum atomic E-state index is -0.0772. The summed E-state index contributed by atoms with van der Waals surface area (Å²) in [6.45, 7) is 1.69. The molecule has 0 aliphatic carbocycles. The van der Waals surface area contributed by atoms with E-state index >= 15 is 0 Å². The topological polar surface area (TPSA) is 74.2 Å². The molecule has 2 amide bonds. The third-order valence-corrected chi connectivity index (χ3v) is 3.06. The monoisotopic (exact) mass is 246 g/mol. The van der Waals surface area contributed by atoms with Gasteiger partial charge in [0, 0.05) is 13.0 Å². The number of H-pyrrole nitrogens is 1. The normalized spacial score (nSPS) is 14.3. The number of amides is 2. The Hall–Kier alpha value is -2.24. The molecule has 3 heterocycles. The number of carbonyl (C=O) groups excluding carboxylic acids is 1. The van der Waals surface area contributed by atoms with Crippen LogP contribution in [0.15, 0.2) is 29.1 Å². The van der Waals surface area contributed by atoms with Crippen LogP contribution in [0.4, 0.5) is 4.79 Å². The SMILES string of the molecule is O=C(NCc1ccco1)N1CCc2nc[nH]c2C1. The van der Waals surface area contributed by atoms with Crippen molar-refractivity contribution in [1.29, 1.82) is 0 Å². The van der Waals surface area contributed by atoms with Crippen LogP contribution in [0, 0.1) is 0 Å². The average molecular weight is 246 g/mol. The Morgan fingerprint density at radius 1 is 1.61 bits per heavy atom. The molecule has 18 heavy (non-hydrogen) atoms. The molecule has 1 aliphatic heterocycles.